The van der Waals surface area contributed by atoms with Gasteiger partial charge in [-0.05, 0) is 30.4 Å². The Kier molecular flexibility index (Phi) is 5.38. The van der Waals surface area contributed by atoms with Gasteiger partial charge < -0.3 is 16.3 Å². The third-order valence-corrected chi connectivity index (χ3v) is 4.60. The zero-order valence-electron chi connectivity index (χ0n) is 14.5. The maximum absolute atomic E-state index is 11.3. The van der Waals surface area contributed by atoms with Crippen molar-refractivity contribution in [3.8, 4) is 0 Å². The molecule has 0 spiro atoms. The SMILES string of the molecule is CCc1cccc2c3c([nH]c12)[C@@](CC)(CC(=O)O)OCC3.[H-].[Na+]. The normalized spacial score (nSPS) is 20.5. The van der Waals surface area contributed by atoms with Crippen LogP contribution in [-0.2, 0) is 28.0 Å². The molecule has 114 valence electrons. The monoisotopic (exact) mass is 311 g/mol. The summed E-state index contributed by atoms with van der Waals surface area (Å²) < 4.78 is 5.94. The first-order valence-corrected chi connectivity index (χ1v) is 7.60. The Hall–Kier alpha value is -0.810. The van der Waals surface area contributed by atoms with Crippen molar-refractivity contribution in [2.24, 2.45) is 0 Å². The van der Waals surface area contributed by atoms with Crippen molar-refractivity contribution >= 4 is 16.9 Å². The van der Waals surface area contributed by atoms with Crippen molar-refractivity contribution in [1.29, 1.82) is 0 Å². The predicted molar refractivity (Wildman–Crippen MR) is 82.7 cm³/mol. The number of para-hydroxylation sites is 1. The number of benzene rings is 1. The van der Waals surface area contributed by atoms with Gasteiger partial charge in [0.05, 0.1) is 18.7 Å². The molecule has 0 fully saturated rings. The van der Waals surface area contributed by atoms with Crippen LogP contribution < -0.4 is 29.6 Å². The van der Waals surface area contributed by atoms with E-state index < -0.39 is 11.6 Å². The predicted octanol–water partition coefficient (Wildman–Crippen LogP) is 0.499. The van der Waals surface area contributed by atoms with Crippen LogP contribution in [0.4, 0.5) is 0 Å². The van der Waals surface area contributed by atoms with Crippen molar-refractivity contribution in [3.05, 3.63) is 35.0 Å². The summed E-state index contributed by atoms with van der Waals surface area (Å²) in [6.45, 7) is 4.71. The van der Waals surface area contributed by atoms with E-state index >= 15 is 0 Å². The average Bonchev–Trinajstić information content (AvgIpc) is 2.87. The third kappa shape index (κ3) is 2.73. The molecule has 1 atom stereocenters. The molecule has 1 aliphatic rings. The molecule has 0 radical (unpaired) electrons. The van der Waals surface area contributed by atoms with E-state index in [1.807, 2.05) is 6.92 Å². The molecule has 0 aliphatic carbocycles. The molecule has 2 N–H and O–H groups in total. The van der Waals surface area contributed by atoms with Gasteiger partial charge in [-0.3, -0.25) is 4.79 Å². The number of carboxylic acids is 1. The van der Waals surface area contributed by atoms with E-state index in [1.165, 1.54) is 16.5 Å². The van der Waals surface area contributed by atoms with Gasteiger partial charge in [0, 0.05) is 10.9 Å². The Balaban J connectivity index is 0.00000132. The minimum Gasteiger partial charge on any atom is -1.00 e. The molecule has 5 heteroatoms. The maximum atomic E-state index is 11.3. The van der Waals surface area contributed by atoms with E-state index in [0.29, 0.717) is 13.0 Å². The fourth-order valence-corrected chi connectivity index (χ4v) is 3.49. The second kappa shape index (κ2) is 6.75. The number of rotatable bonds is 4. The summed E-state index contributed by atoms with van der Waals surface area (Å²) in [5.74, 6) is -0.820. The first-order valence-electron chi connectivity index (χ1n) is 7.60. The van der Waals surface area contributed by atoms with Gasteiger partial charge in [0.2, 0.25) is 0 Å². The van der Waals surface area contributed by atoms with E-state index in [2.05, 4.69) is 30.1 Å². The van der Waals surface area contributed by atoms with Crippen LogP contribution in [0.15, 0.2) is 18.2 Å². The van der Waals surface area contributed by atoms with Crippen LogP contribution in [0.2, 0.25) is 0 Å². The van der Waals surface area contributed by atoms with Crippen molar-refractivity contribution in [2.45, 2.75) is 45.1 Å². The van der Waals surface area contributed by atoms with Crippen molar-refractivity contribution in [1.82, 2.24) is 4.98 Å². The van der Waals surface area contributed by atoms with Crippen LogP contribution >= 0.6 is 0 Å². The molecule has 0 bridgehead atoms. The fourth-order valence-electron chi connectivity index (χ4n) is 3.49. The molecule has 1 aliphatic heterocycles. The minimum absolute atomic E-state index is 0. The average molecular weight is 311 g/mol. The van der Waals surface area contributed by atoms with Gasteiger partial charge in [-0.15, -0.1) is 0 Å². The Bertz CT molecular complexity index is 700. The van der Waals surface area contributed by atoms with Crippen LogP contribution in [-0.4, -0.2) is 22.7 Å². The van der Waals surface area contributed by atoms with Gasteiger partial charge in [-0.25, -0.2) is 0 Å². The van der Waals surface area contributed by atoms with Crippen molar-refractivity contribution in [2.75, 3.05) is 6.61 Å². The fraction of sp³-hybridized carbons (Fsp3) is 0.471. The van der Waals surface area contributed by atoms with E-state index in [1.54, 1.807) is 0 Å². The number of fused-ring (bicyclic) bond motifs is 3. The molecule has 0 unspecified atom stereocenters. The number of carboxylic acid groups (broad SMARTS) is 1. The largest absolute Gasteiger partial charge is 1.00 e. The van der Waals surface area contributed by atoms with Gasteiger partial charge >= 0.3 is 35.5 Å². The molecule has 4 nitrogen and oxygen atoms in total. The number of aryl methyl sites for hydroxylation is 1. The summed E-state index contributed by atoms with van der Waals surface area (Å²) in [6.07, 6.45) is 2.45. The van der Waals surface area contributed by atoms with Gasteiger partial charge in [0.15, 0.2) is 0 Å². The van der Waals surface area contributed by atoms with Gasteiger partial charge in [0.25, 0.3) is 0 Å². The summed E-state index contributed by atoms with van der Waals surface area (Å²) in [6, 6.07) is 6.32. The Labute approximate surface area is 154 Å². The quantitative estimate of drug-likeness (QED) is 0.808. The summed E-state index contributed by atoms with van der Waals surface area (Å²) in [7, 11) is 0. The number of nitrogens with one attached hydrogen (secondary N) is 1. The number of hydrogen-bond donors (Lipinski definition) is 2. The number of aromatic nitrogens is 1. The first-order chi connectivity index (χ1) is 10.1. The van der Waals surface area contributed by atoms with Crippen molar-refractivity contribution in [3.63, 3.8) is 0 Å². The van der Waals surface area contributed by atoms with Gasteiger partial charge in [0.1, 0.15) is 5.60 Å². The van der Waals surface area contributed by atoms with E-state index in [-0.39, 0.29) is 37.4 Å². The second-order valence-electron chi connectivity index (χ2n) is 5.69. The topological polar surface area (TPSA) is 62.3 Å². The molecular weight excluding hydrogens is 289 g/mol. The van der Waals surface area contributed by atoms with Crippen molar-refractivity contribution < 1.29 is 45.6 Å². The van der Waals surface area contributed by atoms with Crippen LogP contribution in [0.3, 0.4) is 0 Å². The number of aromatic amines is 1. The Morgan fingerprint density at radius 1 is 1.45 bits per heavy atom. The summed E-state index contributed by atoms with van der Waals surface area (Å²) in [5, 5.41) is 10.5. The number of carbonyl (C=O) groups is 1. The van der Waals surface area contributed by atoms with Crippen LogP contribution in [0.5, 0.6) is 0 Å². The van der Waals surface area contributed by atoms with Crippen LogP contribution in [0.25, 0.3) is 10.9 Å². The number of hydrogen-bond acceptors (Lipinski definition) is 2. The summed E-state index contributed by atoms with van der Waals surface area (Å²) in [4.78, 5) is 14.8. The van der Waals surface area contributed by atoms with Gasteiger partial charge in [-0.1, -0.05) is 32.0 Å². The molecule has 22 heavy (non-hydrogen) atoms. The summed E-state index contributed by atoms with van der Waals surface area (Å²) >= 11 is 0. The van der Waals surface area contributed by atoms with Crippen LogP contribution in [0.1, 0.15) is 44.9 Å². The molecule has 2 aromatic rings. The van der Waals surface area contributed by atoms with E-state index in [9.17, 15) is 9.90 Å². The number of aliphatic carboxylic acids is 1. The smallest absolute Gasteiger partial charge is 1.00 e. The number of H-pyrrole nitrogens is 1. The minimum atomic E-state index is -0.820. The molecule has 3 rings (SSSR count). The second-order valence-corrected chi connectivity index (χ2v) is 5.69. The zero-order chi connectivity index (χ0) is 15.0. The molecule has 1 aromatic heterocycles. The molecule has 1 aromatic carbocycles. The van der Waals surface area contributed by atoms with Crippen LogP contribution in [0, 0.1) is 0 Å². The standard InChI is InChI=1S/C17H21NO3.Na.H/c1-3-11-6-5-7-12-13-8-9-21-17(4-2,10-14(19)20)16(13)18-15(11)12;;/h5-7,18H,3-4,8-10H2,1-2H3,(H,19,20);;/q;+1;-1/t17-;;/m1../s1. The molecule has 0 amide bonds. The number of ether oxygens (including phenoxy) is 1. The Morgan fingerprint density at radius 2 is 2.23 bits per heavy atom. The molecule has 0 saturated heterocycles. The van der Waals surface area contributed by atoms with Gasteiger partial charge in [-0.2, -0.15) is 0 Å². The third-order valence-electron chi connectivity index (χ3n) is 4.60. The molecule has 0 saturated carbocycles. The van der Waals surface area contributed by atoms with E-state index in [0.717, 1.165) is 24.1 Å². The molecule has 2 heterocycles. The van der Waals surface area contributed by atoms with E-state index in [4.69, 9.17) is 4.74 Å². The maximum Gasteiger partial charge on any atom is 1.00 e. The first kappa shape index (κ1) is 17.5. The Morgan fingerprint density at radius 3 is 2.86 bits per heavy atom. The zero-order valence-corrected chi connectivity index (χ0v) is 15.5. The summed E-state index contributed by atoms with van der Waals surface area (Å²) in [5.41, 5.74) is 3.88. The molecular formula is C17H22NNaO3.